The molecule has 1 aromatic carbocycles. The van der Waals surface area contributed by atoms with Crippen LogP contribution in [0.25, 0.3) is 0 Å². The molecule has 0 heterocycles. The van der Waals surface area contributed by atoms with E-state index in [0.29, 0.717) is 11.8 Å². The van der Waals surface area contributed by atoms with Crippen LogP contribution in [0.15, 0.2) is 24.3 Å². The molecule has 0 saturated heterocycles. The van der Waals surface area contributed by atoms with Crippen LogP contribution in [0.4, 0.5) is 0 Å². The first-order valence-corrected chi connectivity index (χ1v) is 7.54. The van der Waals surface area contributed by atoms with Crippen LogP contribution in [-0.4, -0.2) is 29.2 Å². The van der Waals surface area contributed by atoms with Crippen molar-refractivity contribution in [2.45, 2.75) is 43.9 Å². The minimum atomic E-state index is -0.739. The summed E-state index contributed by atoms with van der Waals surface area (Å²) in [6, 6.07) is 7.64. The fourth-order valence-electron chi connectivity index (χ4n) is 2.68. The summed E-state index contributed by atoms with van der Waals surface area (Å²) in [6.07, 6.45) is 4.25. The molecule has 0 radical (unpaired) electrons. The molecule has 0 spiro atoms. The summed E-state index contributed by atoms with van der Waals surface area (Å²) in [7, 11) is 0. The lowest BCUT2D eigenvalue weighted by atomic mass is 9.93. The summed E-state index contributed by atoms with van der Waals surface area (Å²) >= 11 is 0. The molecule has 4 N–H and O–H groups in total. The molecule has 21 heavy (non-hydrogen) atoms. The number of hydrogen-bond donors (Lipinski definition) is 3. The predicted octanol–water partition coefficient (Wildman–Crippen LogP) is 0.944. The molecule has 114 valence electrons. The standard InChI is InChI=1S/C16H22N2O3/c17-15(20)16(12-3-4-12,18-13-5-6-13)10-21-14-7-1-11(9-19)2-8-14/h1-2,7-8,12-13,18-19H,3-6,9-10H2,(H2,17,20). The van der Waals surface area contributed by atoms with E-state index in [1.165, 1.54) is 0 Å². The Morgan fingerprint density at radius 2 is 1.95 bits per heavy atom. The van der Waals surface area contributed by atoms with Crippen molar-refractivity contribution in [3.05, 3.63) is 29.8 Å². The molecule has 1 unspecified atom stereocenters. The molecule has 1 atom stereocenters. The molecular weight excluding hydrogens is 268 g/mol. The van der Waals surface area contributed by atoms with Crippen LogP contribution in [-0.2, 0) is 11.4 Å². The maximum absolute atomic E-state index is 12.0. The first kappa shape index (κ1) is 14.4. The number of nitrogens with two attached hydrogens (primary N) is 1. The average Bonchev–Trinajstić information content (AvgIpc) is 3.37. The van der Waals surface area contributed by atoms with E-state index in [2.05, 4.69) is 5.32 Å². The Morgan fingerprint density at radius 3 is 2.43 bits per heavy atom. The van der Waals surface area contributed by atoms with Gasteiger partial charge in [-0.15, -0.1) is 0 Å². The van der Waals surface area contributed by atoms with E-state index in [1.807, 2.05) is 12.1 Å². The lowest BCUT2D eigenvalue weighted by Crippen LogP contribution is -2.61. The topological polar surface area (TPSA) is 84.6 Å². The maximum Gasteiger partial charge on any atom is 0.241 e. The largest absolute Gasteiger partial charge is 0.491 e. The van der Waals surface area contributed by atoms with Gasteiger partial charge in [-0.05, 0) is 49.3 Å². The van der Waals surface area contributed by atoms with Crippen molar-refractivity contribution in [1.29, 1.82) is 0 Å². The van der Waals surface area contributed by atoms with Crippen LogP contribution in [0.5, 0.6) is 5.75 Å². The van der Waals surface area contributed by atoms with Gasteiger partial charge < -0.3 is 15.6 Å². The summed E-state index contributed by atoms with van der Waals surface area (Å²) in [5.41, 5.74) is 5.78. The summed E-state index contributed by atoms with van der Waals surface area (Å²) in [4.78, 5) is 12.0. The molecule has 2 saturated carbocycles. The zero-order chi connectivity index (χ0) is 14.9. The van der Waals surface area contributed by atoms with Crippen LogP contribution in [0, 0.1) is 5.92 Å². The van der Waals surface area contributed by atoms with Gasteiger partial charge in [0.25, 0.3) is 0 Å². The third-order valence-corrected chi connectivity index (χ3v) is 4.33. The van der Waals surface area contributed by atoms with E-state index in [4.69, 9.17) is 15.6 Å². The fourth-order valence-corrected chi connectivity index (χ4v) is 2.68. The first-order valence-electron chi connectivity index (χ1n) is 7.54. The van der Waals surface area contributed by atoms with Gasteiger partial charge in [0.1, 0.15) is 17.9 Å². The van der Waals surface area contributed by atoms with Crippen molar-refractivity contribution in [3.8, 4) is 5.75 Å². The number of primary amides is 1. The molecule has 1 aromatic rings. The highest BCUT2D eigenvalue weighted by Gasteiger charge is 2.52. The third kappa shape index (κ3) is 3.19. The molecule has 2 aliphatic carbocycles. The summed E-state index contributed by atoms with van der Waals surface area (Å²) < 4.78 is 5.82. The highest BCUT2D eigenvalue weighted by molar-refractivity contribution is 5.86. The van der Waals surface area contributed by atoms with Crippen molar-refractivity contribution in [1.82, 2.24) is 5.32 Å². The number of rotatable bonds is 8. The Balaban J connectivity index is 1.69. The molecule has 1 amide bonds. The smallest absolute Gasteiger partial charge is 0.241 e. The van der Waals surface area contributed by atoms with Gasteiger partial charge in [0, 0.05) is 6.04 Å². The SMILES string of the molecule is NC(=O)C(COc1ccc(CO)cc1)(NC1CC1)C1CC1. The first-order chi connectivity index (χ1) is 10.1. The van der Waals surface area contributed by atoms with Crippen LogP contribution >= 0.6 is 0 Å². The maximum atomic E-state index is 12.0. The number of carbonyl (C=O) groups excluding carboxylic acids is 1. The number of carbonyl (C=O) groups is 1. The van der Waals surface area contributed by atoms with E-state index < -0.39 is 5.54 Å². The van der Waals surface area contributed by atoms with Crippen molar-refractivity contribution in [2.24, 2.45) is 11.7 Å². The molecule has 0 aromatic heterocycles. The Bertz CT molecular complexity index is 509. The number of aliphatic hydroxyl groups is 1. The van der Waals surface area contributed by atoms with E-state index in [1.54, 1.807) is 12.1 Å². The quantitative estimate of drug-likeness (QED) is 0.665. The Labute approximate surface area is 124 Å². The van der Waals surface area contributed by atoms with E-state index in [9.17, 15) is 4.79 Å². The molecular formula is C16H22N2O3. The van der Waals surface area contributed by atoms with Gasteiger partial charge in [-0.25, -0.2) is 0 Å². The van der Waals surface area contributed by atoms with Crippen LogP contribution in [0.2, 0.25) is 0 Å². The molecule has 0 aliphatic heterocycles. The Kier molecular flexibility index (Phi) is 3.87. The number of hydrogen-bond acceptors (Lipinski definition) is 4. The minimum Gasteiger partial charge on any atom is -0.491 e. The summed E-state index contributed by atoms with van der Waals surface area (Å²) in [5.74, 6) is 0.660. The lowest BCUT2D eigenvalue weighted by Gasteiger charge is -2.32. The zero-order valence-corrected chi connectivity index (χ0v) is 12.0. The second kappa shape index (κ2) is 5.66. The van der Waals surface area contributed by atoms with Crippen molar-refractivity contribution < 1.29 is 14.6 Å². The van der Waals surface area contributed by atoms with Gasteiger partial charge in [-0.1, -0.05) is 12.1 Å². The second-order valence-corrected chi connectivity index (χ2v) is 6.12. The van der Waals surface area contributed by atoms with Crippen LogP contribution in [0.1, 0.15) is 31.2 Å². The normalized spacial score (nSPS) is 20.8. The highest BCUT2D eigenvalue weighted by atomic mass is 16.5. The van der Waals surface area contributed by atoms with Gasteiger partial charge in [-0.3, -0.25) is 10.1 Å². The molecule has 5 heteroatoms. The van der Waals surface area contributed by atoms with Gasteiger partial charge in [0.2, 0.25) is 5.91 Å². The van der Waals surface area contributed by atoms with Crippen molar-refractivity contribution in [3.63, 3.8) is 0 Å². The number of nitrogens with one attached hydrogen (secondary N) is 1. The van der Waals surface area contributed by atoms with Gasteiger partial charge in [0.15, 0.2) is 0 Å². The van der Waals surface area contributed by atoms with E-state index in [0.717, 1.165) is 31.2 Å². The molecule has 3 rings (SSSR count). The third-order valence-electron chi connectivity index (χ3n) is 4.33. The molecule has 2 fully saturated rings. The zero-order valence-electron chi connectivity index (χ0n) is 12.0. The highest BCUT2D eigenvalue weighted by Crippen LogP contribution is 2.41. The Hall–Kier alpha value is -1.59. The predicted molar refractivity (Wildman–Crippen MR) is 78.7 cm³/mol. The molecule has 2 aliphatic rings. The van der Waals surface area contributed by atoms with E-state index >= 15 is 0 Å². The number of aliphatic hydroxyl groups excluding tert-OH is 1. The number of benzene rings is 1. The number of ether oxygens (including phenoxy) is 1. The van der Waals surface area contributed by atoms with E-state index in [-0.39, 0.29) is 25.0 Å². The van der Waals surface area contributed by atoms with Crippen molar-refractivity contribution in [2.75, 3.05) is 6.61 Å². The fraction of sp³-hybridized carbons (Fsp3) is 0.562. The van der Waals surface area contributed by atoms with Crippen LogP contribution in [0.3, 0.4) is 0 Å². The van der Waals surface area contributed by atoms with Gasteiger partial charge >= 0.3 is 0 Å². The van der Waals surface area contributed by atoms with Crippen LogP contribution < -0.4 is 15.8 Å². The van der Waals surface area contributed by atoms with Gasteiger partial charge in [-0.2, -0.15) is 0 Å². The second-order valence-electron chi connectivity index (χ2n) is 6.12. The summed E-state index contributed by atoms with van der Waals surface area (Å²) in [5, 5.41) is 12.5. The molecule has 0 bridgehead atoms. The molecule has 5 nitrogen and oxygen atoms in total. The Morgan fingerprint density at radius 1 is 1.29 bits per heavy atom. The summed E-state index contributed by atoms with van der Waals surface area (Å²) in [6.45, 7) is 0.277. The lowest BCUT2D eigenvalue weighted by molar-refractivity contribution is -0.126. The van der Waals surface area contributed by atoms with Gasteiger partial charge in [0.05, 0.1) is 6.61 Å². The monoisotopic (exact) mass is 290 g/mol. The van der Waals surface area contributed by atoms with Crippen molar-refractivity contribution >= 4 is 5.91 Å². The average molecular weight is 290 g/mol. The number of amides is 1. The minimum absolute atomic E-state index is 0.0107.